The van der Waals surface area contributed by atoms with Crippen LogP contribution in [0.25, 0.3) is 0 Å². The molecule has 2 N–H and O–H groups in total. The van der Waals surface area contributed by atoms with Gasteiger partial charge in [0.15, 0.2) is 0 Å². The van der Waals surface area contributed by atoms with E-state index in [1.165, 1.54) is 0 Å². The predicted octanol–water partition coefficient (Wildman–Crippen LogP) is 0.348. The van der Waals surface area contributed by atoms with E-state index in [0.29, 0.717) is 25.9 Å². The van der Waals surface area contributed by atoms with Gasteiger partial charge in [-0.3, -0.25) is 4.79 Å². The third-order valence-corrected chi connectivity index (χ3v) is 3.08. The van der Waals surface area contributed by atoms with Crippen molar-refractivity contribution in [2.24, 2.45) is 0 Å². The summed E-state index contributed by atoms with van der Waals surface area (Å²) in [6.07, 6.45) is -1.52. The van der Waals surface area contributed by atoms with Gasteiger partial charge >= 0.3 is 5.97 Å². The van der Waals surface area contributed by atoms with Gasteiger partial charge in [0.05, 0.1) is 0 Å². The van der Waals surface area contributed by atoms with E-state index in [0.717, 1.165) is 0 Å². The van der Waals surface area contributed by atoms with Crippen molar-refractivity contribution in [3.05, 3.63) is 0 Å². The molecule has 7 heteroatoms. The summed E-state index contributed by atoms with van der Waals surface area (Å²) in [5.41, 5.74) is 0. The van der Waals surface area contributed by atoms with Crippen molar-refractivity contribution in [1.29, 1.82) is 0 Å². The van der Waals surface area contributed by atoms with E-state index in [9.17, 15) is 18.4 Å². The third-order valence-electron chi connectivity index (χ3n) is 3.08. The maximum absolute atomic E-state index is 13.1. The zero-order chi connectivity index (χ0) is 13.5. The van der Waals surface area contributed by atoms with Gasteiger partial charge in [0.2, 0.25) is 6.41 Å². The molecule has 1 heterocycles. The van der Waals surface area contributed by atoms with Crippen molar-refractivity contribution in [2.75, 3.05) is 19.6 Å². The lowest BCUT2D eigenvalue weighted by molar-refractivity contribution is -0.140. The molecule has 1 rings (SSSR count). The molecule has 0 spiro atoms. The summed E-state index contributed by atoms with van der Waals surface area (Å²) in [7, 11) is 0. The van der Waals surface area contributed by atoms with E-state index < -0.39 is 24.4 Å². The number of hydrogen-bond acceptors (Lipinski definition) is 3. The van der Waals surface area contributed by atoms with Crippen LogP contribution in [0.2, 0.25) is 0 Å². The minimum absolute atomic E-state index is 0.0556. The maximum atomic E-state index is 13.1. The quantitative estimate of drug-likeness (QED) is 0.651. The Morgan fingerprint density at radius 1 is 1.50 bits per heavy atom. The van der Waals surface area contributed by atoms with Crippen LogP contribution in [0, 0.1) is 0 Å². The lowest BCUT2D eigenvalue weighted by atomic mass is 10.1. The molecule has 0 saturated carbocycles. The number of rotatable bonds is 7. The summed E-state index contributed by atoms with van der Waals surface area (Å²) < 4.78 is 26.0. The van der Waals surface area contributed by atoms with E-state index in [1.54, 1.807) is 4.90 Å². The van der Waals surface area contributed by atoms with Gasteiger partial charge in [0.25, 0.3) is 0 Å². The molecule has 1 amide bonds. The highest BCUT2D eigenvalue weighted by molar-refractivity contribution is 5.76. The van der Waals surface area contributed by atoms with Crippen LogP contribution < -0.4 is 5.32 Å². The van der Waals surface area contributed by atoms with Crippen molar-refractivity contribution in [3.63, 3.8) is 0 Å². The monoisotopic (exact) mass is 264 g/mol. The molecule has 1 aliphatic heterocycles. The van der Waals surface area contributed by atoms with Crippen molar-refractivity contribution in [3.8, 4) is 0 Å². The number of carbonyl (C=O) groups excluding carboxylic acids is 1. The van der Waals surface area contributed by atoms with Crippen molar-refractivity contribution >= 4 is 12.4 Å². The molecule has 0 aliphatic carbocycles. The highest BCUT2D eigenvalue weighted by Crippen LogP contribution is 2.17. The molecule has 1 unspecified atom stereocenters. The van der Waals surface area contributed by atoms with Crippen molar-refractivity contribution in [1.82, 2.24) is 10.2 Å². The summed E-state index contributed by atoms with van der Waals surface area (Å²) in [5.74, 6) is -1.09. The number of alkyl halides is 2. The largest absolute Gasteiger partial charge is 0.480 e. The highest BCUT2D eigenvalue weighted by atomic mass is 19.2. The molecule has 3 atom stereocenters. The number of amides is 1. The van der Waals surface area contributed by atoms with Crippen LogP contribution in [-0.4, -0.2) is 60.4 Å². The van der Waals surface area contributed by atoms with Crippen LogP contribution in [0.15, 0.2) is 0 Å². The van der Waals surface area contributed by atoms with E-state index in [-0.39, 0.29) is 19.4 Å². The van der Waals surface area contributed by atoms with Crippen LogP contribution in [-0.2, 0) is 9.59 Å². The fourth-order valence-corrected chi connectivity index (χ4v) is 2.02. The molecule has 1 aliphatic rings. The van der Waals surface area contributed by atoms with Gasteiger partial charge in [0, 0.05) is 13.1 Å². The first-order chi connectivity index (χ1) is 8.54. The zero-order valence-electron chi connectivity index (χ0n) is 10.0. The van der Waals surface area contributed by atoms with Gasteiger partial charge in [-0.05, 0) is 25.8 Å². The van der Waals surface area contributed by atoms with Gasteiger partial charge < -0.3 is 15.3 Å². The smallest absolute Gasteiger partial charge is 0.326 e. The molecule has 18 heavy (non-hydrogen) atoms. The zero-order valence-corrected chi connectivity index (χ0v) is 10.0. The number of carboxylic acid groups (broad SMARTS) is 1. The van der Waals surface area contributed by atoms with E-state index >= 15 is 0 Å². The lowest BCUT2D eigenvalue weighted by Crippen LogP contribution is -2.43. The molecular formula is C11H18F2N2O3. The number of carboxylic acids is 1. The van der Waals surface area contributed by atoms with Gasteiger partial charge in [-0.25, -0.2) is 13.6 Å². The molecule has 1 fully saturated rings. The number of carbonyl (C=O) groups is 2. The first-order valence-electron chi connectivity index (χ1n) is 5.97. The van der Waals surface area contributed by atoms with Crippen molar-refractivity contribution < 1.29 is 23.5 Å². The molecule has 0 radical (unpaired) electrons. The minimum Gasteiger partial charge on any atom is -0.480 e. The topological polar surface area (TPSA) is 69.6 Å². The molecule has 0 aromatic heterocycles. The molecule has 0 aromatic carbocycles. The summed E-state index contributed by atoms with van der Waals surface area (Å²) in [6.45, 7) is 1.05. The highest BCUT2D eigenvalue weighted by Gasteiger charge is 2.28. The number of nitrogens with one attached hydrogen (secondary N) is 1. The van der Waals surface area contributed by atoms with Crippen LogP contribution in [0.5, 0.6) is 0 Å². The fourth-order valence-electron chi connectivity index (χ4n) is 2.02. The average Bonchev–Trinajstić information content (AvgIpc) is 2.32. The maximum Gasteiger partial charge on any atom is 0.326 e. The standard InChI is InChI=1S/C11H18F2N2O3/c12-8-3-5-15(6-9(8)13)4-1-2-10(11(17)18)14-7-16/h7-10H,1-6H2,(H,14,16)(H,17,18)/t8-,9+,10?/m1/s1. The Balaban J connectivity index is 2.24. The number of hydrogen-bond donors (Lipinski definition) is 2. The Bertz CT molecular complexity index is 291. The molecule has 1 saturated heterocycles. The van der Waals surface area contributed by atoms with Gasteiger partial charge in [-0.2, -0.15) is 0 Å². The molecular weight excluding hydrogens is 246 g/mol. The third kappa shape index (κ3) is 4.56. The molecule has 0 aromatic rings. The van der Waals surface area contributed by atoms with E-state index in [1.807, 2.05) is 0 Å². The summed E-state index contributed by atoms with van der Waals surface area (Å²) in [6, 6.07) is -0.914. The SMILES string of the molecule is O=CNC(CCCN1CC[C@@H](F)[C@@H](F)C1)C(=O)O. The predicted molar refractivity (Wildman–Crippen MR) is 60.7 cm³/mol. The molecule has 5 nitrogen and oxygen atoms in total. The Kier molecular flexibility index (Phi) is 5.97. The minimum atomic E-state index is -1.46. The normalized spacial score (nSPS) is 26.6. The molecule has 0 bridgehead atoms. The second-order valence-electron chi connectivity index (χ2n) is 4.44. The number of aliphatic carboxylic acids is 1. The summed E-state index contributed by atoms with van der Waals surface area (Å²) in [4.78, 5) is 22.7. The first-order valence-corrected chi connectivity index (χ1v) is 5.97. The summed E-state index contributed by atoms with van der Waals surface area (Å²) >= 11 is 0. The molecule has 104 valence electrons. The van der Waals surface area contributed by atoms with Gasteiger partial charge in [-0.1, -0.05) is 0 Å². The second-order valence-corrected chi connectivity index (χ2v) is 4.44. The Hall–Kier alpha value is -1.24. The Morgan fingerprint density at radius 3 is 2.78 bits per heavy atom. The second kappa shape index (κ2) is 7.25. The first kappa shape index (κ1) is 14.8. The van der Waals surface area contributed by atoms with Gasteiger partial charge in [0.1, 0.15) is 18.4 Å². The number of halogens is 2. The number of nitrogens with zero attached hydrogens (tertiary/aromatic N) is 1. The van der Waals surface area contributed by atoms with Crippen LogP contribution >= 0.6 is 0 Å². The fraction of sp³-hybridized carbons (Fsp3) is 0.818. The Labute approximate surface area is 104 Å². The number of piperidine rings is 1. The summed E-state index contributed by atoms with van der Waals surface area (Å²) in [5, 5.41) is 11.0. The lowest BCUT2D eigenvalue weighted by Gasteiger charge is -2.31. The van der Waals surface area contributed by atoms with E-state index in [4.69, 9.17) is 5.11 Å². The number of likely N-dealkylation sites (tertiary alicyclic amines) is 1. The van der Waals surface area contributed by atoms with Crippen molar-refractivity contribution in [2.45, 2.75) is 37.6 Å². The van der Waals surface area contributed by atoms with Gasteiger partial charge in [-0.15, -0.1) is 0 Å². The van der Waals surface area contributed by atoms with Crippen LogP contribution in [0.1, 0.15) is 19.3 Å². The Morgan fingerprint density at radius 2 is 2.22 bits per heavy atom. The van der Waals surface area contributed by atoms with E-state index in [2.05, 4.69) is 5.32 Å². The van der Waals surface area contributed by atoms with Crippen LogP contribution in [0.3, 0.4) is 0 Å². The average molecular weight is 264 g/mol. The van der Waals surface area contributed by atoms with Crippen LogP contribution in [0.4, 0.5) is 8.78 Å².